The normalized spacial score (nSPS) is 10.1. The highest BCUT2D eigenvalue weighted by atomic mass is 16.5. The summed E-state index contributed by atoms with van der Waals surface area (Å²) in [6.07, 6.45) is 0.876. The number of hydrogen-bond acceptors (Lipinski definition) is 4. The lowest BCUT2D eigenvalue weighted by Gasteiger charge is -2.19. The molecule has 0 aliphatic rings. The molecular weight excluding hydrogens is 304 g/mol. The number of methoxy groups -OCH3 is 1. The number of carbonyl (C=O) groups is 2. The van der Waals surface area contributed by atoms with Crippen LogP contribution in [0.2, 0.25) is 0 Å². The first-order valence-corrected chi connectivity index (χ1v) is 7.85. The van der Waals surface area contributed by atoms with Gasteiger partial charge in [0.15, 0.2) is 0 Å². The molecule has 0 aliphatic carbocycles. The molecule has 0 fully saturated rings. The topological polar surface area (TPSA) is 58.6 Å². The Kier molecular flexibility index (Phi) is 6.37. The molecule has 2 rings (SSSR count). The maximum Gasteiger partial charge on any atom is 0.305 e. The molecule has 0 aliphatic heterocycles. The minimum atomic E-state index is -0.262. The van der Waals surface area contributed by atoms with E-state index in [0.29, 0.717) is 24.9 Å². The second-order valence-corrected chi connectivity index (χ2v) is 5.44. The number of nitrogens with zero attached hydrogens (tertiary/aromatic N) is 1. The van der Waals surface area contributed by atoms with Gasteiger partial charge in [-0.3, -0.25) is 9.59 Å². The van der Waals surface area contributed by atoms with Crippen LogP contribution < -0.4 is 5.32 Å². The fourth-order valence-corrected chi connectivity index (χ4v) is 2.33. The van der Waals surface area contributed by atoms with Crippen molar-refractivity contribution in [3.63, 3.8) is 0 Å². The van der Waals surface area contributed by atoms with Gasteiger partial charge < -0.3 is 15.0 Å². The Hall–Kier alpha value is -2.82. The number of benzene rings is 2. The zero-order chi connectivity index (χ0) is 17.4. The highest BCUT2D eigenvalue weighted by Gasteiger charge is 2.15. The van der Waals surface area contributed by atoms with E-state index in [0.717, 1.165) is 11.4 Å². The third-order valence-electron chi connectivity index (χ3n) is 3.66. The van der Waals surface area contributed by atoms with Crippen LogP contribution in [0.15, 0.2) is 54.6 Å². The number of para-hydroxylation sites is 2. The number of ether oxygens (including phenoxy) is 1. The third-order valence-corrected chi connectivity index (χ3v) is 3.66. The van der Waals surface area contributed by atoms with Gasteiger partial charge in [-0.05, 0) is 30.7 Å². The minimum absolute atomic E-state index is 0.0844. The van der Waals surface area contributed by atoms with Gasteiger partial charge in [-0.1, -0.05) is 30.3 Å². The fourth-order valence-electron chi connectivity index (χ4n) is 2.33. The lowest BCUT2D eigenvalue weighted by molar-refractivity contribution is -0.140. The molecule has 2 aromatic carbocycles. The number of amides is 1. The van der Waals surface area contributed by atoms with Crippen LogP contribution in [0.25, 0.3) is 0 Å². The van der Waals surface area contributed by atoms with Crippen LogP contribution >= 0.6 is 0 Å². The average molecular weight is 326 g/mol. The second-order valence-electron chi connectivity index (χ2n) is 5.44. The number of anilines is 2. The Morgan fingerprint density at radius 3 is 2.42 bits per heavy atom. The second kappa shape index (κ2) is 8.72. The van der Waals surface area contributed by atoms with Gasteiger partial charge in [0.25, 0.3) is 5.91 Å². The van der Waals surface area contributed by atoms with E-state index in [9.17, 15) is 9.59 Å². The molecule has 0 spiro atoms. The van der Waals surface area contributed by atoms with Crippen molar-refractivity contribution >= 4 is 23.3 Å². The number of rotatable bonds is 7. The van der Waals surface area contributed by atoms with Crippen LogP contribution in [-0.2, 0) is 9.53 Å². The van der Waals surface area contributed by atoms with Gasteiger partial charge in [0, 0.05) is 25.7 Å². The van der Waals surface area contributed by atoms with Crippen LogP contribution in [0.3, 0.4) is 0 Å². The van der Waals surface area contributed by atoms with Crippen molar-refractivity contribution in [2.45, 2.75) is 12.8 Å². The predicted octanol–water partition coefficient (Wildman–Crippen LogP) is 3.46. The SMILES string of the molecule is COC(=O)CCCN(C)C(=O)c1ccccc1Nc1ccccc1. The maximum atomic E-state index is 12.7. The first kappa shape index (κ1) is 17.5. The van der Waals surface area contributed by atoms with Gasteiger partial charge in [0.2, 0.25) is 0 Å². The molecule has 5 heteroatoms. The first-order valence-electron chi connectivity index (χ1n) is 7.85. The highest BCUT2D eigenvalue weighted by molar-refractivity contribution is 6.00. The molecule has 0 radical (unpaired) electrons. The molecule has 1 N–H and O–H groups in total. The van der Waals surface area contributed by atoms with Gasteiger partial charge in [-0.25, -0.2) is 0 Å². The molecule has 0 saturated carbocycles. The predicted molar refractivity (Wildman–Crippen MR) is 94.4 cm³/mol. The molecule has 5 nitrogen and oxygen atoms in total. The molecule has 1 amide bonds. The van der Waals surface area contributed by atoms with Gasteiger partial charge in [0.05, 0.1) is 18.4 Å². The Morgan fingerprint density at radius 1 is 1.04 bits per heavy atom. The van der Waals surface area contributed by atoms with E-state index in [1.54, 1.807) is 18.0 Å². The van der Waals surface area contributed by atoms with Gasteiger partial charge in [-0.2, -0.15) is 0 Å². The van der Waals surface area contributed by atoms with Crippen molar-refractivity contribution in [1.29, 1.82) is 0 Å². The monoisotopic (exact) mass is 326 g/mol. The van der Waals surface area contributed by atoms with E-state index in [-0.39, 0.29) is 11.9 Å². The summed E-state index contributed by atoms with van der Waals surface area (Å²) in [5.74, 6) is -0.346. The van der Waals surface area contributed by atoms with Crippen molar-refractivity contribution in [3.05, 3.63) is 60.2 Å². The van der Waals surface area contributed by atoms with E-state index < -0.39 is 0 Å². The van der Waals surface area contributed by atoms with Crippen molar-refractivity contribution in [3.8, 4) is 0 Å². The van der Waals surface area contributed by atoms with E-state index >= 15 is 0 Å². The Labute approximate surface area is 142 Å². The molecular formula is C19H22N2O3. The smallest absolute Gasteiger partial charge is 0.305 e. The number of esters is 1. The summed E-state index contributed by atoms with van der Waals surface area (Å²) in [6.45, 7) is 0.494. The van der Waals surface area contributed by atoms with Gasteiger partial charge >= 0.3 is 5.97 Å². The summed E-state index contributed by atoms with van der Waals surface area (Å²) in [5.41, 5.74) is 2.28. The summed E-state index contributed by atoms with van der Waals surface area (Å²) >= 11 is 0. The molecule has 0 unspecified atom stereocenters. The molecule has 0 saturated heterocycles. The van der Waals surface area contributed by atoms with Crippen LogP contribution in [-0.4, -0.2) is 37.5 Å². The van der Waals surface area contributed by atoms with Crippen molar-refractivity contribution in [2.24, 2.45) is 0 Å². The minimum Gasteiger partial charge on any atom is -0.469 e. The van der Waals surface area contributed by atoms with E-state index in [1.807, 2.05) is 48.5 Å². The standard InChI is InChI=1S/C19H22N2O3/c1-21(14-8-13-18(22)24-2)19(23)16-11-6-7-12-17(16)20-15-9-4-3-5-10-15/h3-7,9-12,20H,8,13-14H2,1-2H3. The van der Waals surface area contributed by atoms with Gasteiger partial charge in [-0.15, -0.1) is 0 Å². The number of carbonyl (C=O) groups excluding carboxylic acids is 2. The maximum absolute atomic E-state index is 12.7. The first-order chi connectivity index (χ1) is 11.6. The average Bonchev–Trinajstić information content (AvgIpc) is 2.62. The van der Waals surface area contributed by atoms with Crippen LogP contribution in [0.1, 0.15) is 23.2 Å². The molecule has 2 aromatic rings. The summed E-state index contributed by atoms with van der Waals surface area (Å²) < 4.78 is 4.61. The largest absolute Gasteiger partial charge is 0.469 e. The Balaban J connectivity index is 2.05. The lowest BCUT2D eigenvalue weighted by Crippen LogP contribution is -2.28. The molecule has 0 bridgehead atoms. The summed E-state index contributed by atoms with van der Waals surface area (Å²) in [5, 5.41) is 3.27. The van der Waals surface area contributed by atoms with Gasteiger partial charge in [0.1, 0.15) is 0 Å². The van der Waals surface area contributed by atoms with Crippen LogP contribution in [0, 0.1) is 0 Å². The third kappa shape index (κ3) is 4.84. The molecule has 24 heavy (non-hydrogen) atoms. The van der Waals surface area contributed by atoms with Crippen molar-refractivity contribution < 1.29 is 14.3 Å². The van der Waals surface area contributed by atoms with Crippen LogP contribution in [0.4, 0.5) is 11.4 Å². The van der Waals surface area contributed by atoms with Crippen LogP contribution in [0.5, 0.6) is 0 Å². The Morgan fingerprint density at radius 2 is 1.71 bits per heavy atom. The zero-order valence-corrected chi connectivity index (χ0v) is 14.0. The fraction of sp³-hybridized carbons (Fsp3) is 0.263. The number of hydrogen-bond donors (Lipinski definition) is 1. The van der Waals surface area contributed by atoms with Crippen molar-refractivity contribution in [2.75, 3.05) is 26.0 Å². The summed E-state index contributed by atoms with van der Waals surface area (Å²) in [7, 11) is 3.10. The molecule has 126 valence electrons. The van der Waals surface area contributed by atoms with E-state index in [1.165, 1.54) is 7.11 Å². The quantitative estimate of drug-likeness (QED) is 0.792. The molecule has 0 heterocycles. The highest BCUT2D eigenvalue weighted by Crippen LogP contribution is 2.21. The number of nitrogens with one attached hydrogen (secondary N) is 1. The summed E-state index contributed by atoms with van der Waals surface area (Å²) in [6, 6.07) is 17.1. The molecule has 0 atom stereocenters. The zero-order valence-electron chi connectivity index (χ0n) is 14.0. The van der Waals surface area contributed by atoms with E-state index in [4.69, 9.17) is 0 Å². The molecule has 0 aromatic heterocycles. The Bertz CT molecular complexity index is 686. The lowest BCUT2D eigenvalue weighted by atomic mass is 10.1. The summed E-state index contributed by atoms with van der Waals surface area (Å²) in [4.78, 5) is 25.4. The van der Waals surface area contributed by atoms with Crippen molar-refractivity contribution in [1.82, 2.24) is 4.90 Å². The van der Waals surface area contributed by atoms with E-state index in [2.05, 4.69) is 10.1 Å².